The smallest absolute Gasteiger partial charge is 0.314 e. The lowest BCUT2D eigenvalue weighted by atomic mass is 9.78. The maximum absolute atomic E-state index is 11.5. The van der Waals surface area contributed by atoms with Crippen molar-refractivity contribution in [2.45, 2.75) is 44.4 Å². The van der Waals surface area contributed by atoms with Crippen molar-refractivity contribution in [2.24, 2.45) is 0 Å². The molecule has 16 heavy (non-hydrogen) atoms. The molecule has 0 spiro atoms. The number of carbonyl (C=O) groups is 1. The molecule has 2 heteroatoms. The van der Waals surface area contributed by atoms with E-state index >= 15 is 0 Å². The second kappa shape index (κ2) is 4.28. The first-order valence-corrected chi connectivity index (χ1v) is 6.02. The highest BCUT2D eigenvalue weighted by atomic mass is 16.4. The van der Waals surface area contributed by atoms with Crippen LogP contribution in [0.5, 0.6) is 0 Å². The van der Waals surface area contributed by atoms with Crippen molar-refractivity contribution in [2.75, 3.05) is 0 Å². The van der Waals surface area contributed by atoms with Gasteiger partial charge in [0.25, 0.3) is 0 Å². The molecule has 0 aliphatic heterocycles. The predicted molar refractivity (Wildman–Crippen MR) is 63.6 cm³/mol. The molecule has 1 fully saturated rings. The maximum Gasteiger partial charge on any atom is 0.314 e. The number of benzene rings is 1. The third-order valence-corrected chi connectivity index (χ3v) is 3.75. The van der Waals surface area contributed by atoms with Crippen LogP contribution in [0.15, 0.2) is 24.3 Å². The van der Waals surface area contributed by atoms with Crippen LogP contribution in [0.25, 0.3) is 0 Å². The zero-order chi connectivity index (χ0) is 11.6. The molecule has 0 bridgehead atoms. The third-order valence-electron chi connectivity index (χ3n) is 3.75. The minimum absolute atomic E-state index is 0.606. The highest BCUT2D eigenvalue weighted by molar-refractivity contribution is 5.81. The van der Waals surface area contributed by atoms with Crippen molar-refractivity contribution in [1.29, 1.82) is 0 Å². The molecule has 86 valence electrons. The Kier molecular flexibility index (Phi) is 2.99. The molecule has 0 aromatic heterocycles. The minimum Gasteiger partial charge on any atom is -0.481 e. The van der Waals surface area contributed by atoms with E-state index in [2.05, 4.69) is 19.1 Å². The van der Waals surface area contributed by atoms with Gasteiger partial charge in [0.1, 0.15) is 0 Å². The maximum atomic E-state index is 11.5. The lowest BCUT2D eigenvalue weighted by molar-refractivity contribution is -0.143. The van der Waals surface area contributed by atoms with Crippen molar-refractivity contribution < 1.29 is 9.90 Å². The van der Waals surface area contributed by atoms with E-state index < -0.39 is 11.4 Å². The number of hydrogen-bond acceptors (Lipinski definition) is 1. The first-order valence-electron chi connectivity index (χ1n) is 6.02. The van der Waals surface area contributed by atoms with E-state index in [1.54, 1.807) is 0 Å². The second-order valence-corrected chi connectivity index (χ2v) is 4.65. The molecule has 1 aromatic rings. The van der Waals surface area contributed by atoms with Gasteiger partial charge in [-0.2, -0.15) is 0 Å². The summed E-state index contributed by atoms with van der Waals surface area (Å²) in [6.45, 7) is 2.10. The van der Waals surface area contributed by atoms with E-state index in [4.69, 9.17) is 0 Å². The van der Waals surface area contributed by atoms with Crippen molar-refractivity contribution >= 4 is 5.97 Å². The lowest BCUT2D eigenvalue weighted by Gasteiger charge is -2.24. The molecule has 1 aromatic carbocycles. The van der Waals surface area contributed by atoms with Crippen molar-refractivity contribution in [1.82, 2.24) is 0 Å². The van der Waals surface area contributed by atoms with Crippen LogP contribution in [0.2, 0.25) is 0 Å². The van der Waals surface area contributed by atoms with Gasteiger partial charge in [-0.15, -0.1) is 0 Å². The standard InChI is InChI=1S/C14H18O2/c1-2-11-6-5-7-12(10-11)14(13(15)16)8-3-4-9-14/h5-7,10H,2-4,8-9H2,1H3,(H,15,16). The minimum atomic E-state index is -0.654. The van der Waals surface area contributed by atoms with Gasteiger partial charge >= 0.3 is 5.97 Å². The Morgan fingerprint density at radius 2 is 2.06 bits per heavy atom. The van der Waals surface area contributed by atoms with Crippen LogP contribution in [0.4, 0.5) is 0 Å². The molecule has 0 heterocycles. The van der Waals surface area contributed by atoms with Crippen LogP contribution in [0.3, 0.4) is 0 Å². The number of carboxylic acids is 1. The fraction of sp³-hybridized carbons (Fsp3) is 0.500. The largest absolute Gasteiger partial charge is 0.481 e. The zero-order valence-electron chi connectivity index (χ0n) is 9.70. The Bertz CT molecular complexity index is 389. The van der Waals surface area contributed by atoms with E-state index in [0.29, 0.717) is 0 Å². The molecule has 0 amide bonds. The fourth-order valence-electron chi connectivity index (χ4n) is 2.69. The van der Waals surface area contributed by atoms with Crippen molar-refractivity contribution in [3.8, 4) is 0 Å². The first-order chi connectivity index (χ1) is 7.69. The molecule has 2 rings (SSSR count). The second-order valence-electron chi connectivity index (χ2n) is 4.65. The molecule has 1 aliphatic carbocycles. The average Bonchev–Trinajstić information content (AvgIpc) is 2.79. The first kappa shape index (κ1) is 11.2. The summed E-state index contributed by atoms with van der Waals surface area (Å²) in [5, 5.41) is 9.48. The summed E-state index contributed by atoms with van der Waals surface area (Å²) in [6, 6.07) is 8.09. The van der Waals surface area contributed by atoms with Crippen LogP contribution in [0, 0.1) is 0 Å². The van der Waals surface area contributed by atoms with E-state index in [9.17, 15) is 9.90 Å². The zero-order valence-corrected chi connectivity index (χ0v) is 9.70. The number of carboxylic acid groups (broad SMARTS) is 1. The van der Waals surface area contributed by atoms with Crippen molar-refractivity contribution in [3.05, 3.63) is 35.4 Å². The van der Waals surface area contributed by atoms with Crippen LogP contribution >= 0.6 is 0 Å². The number of rotatable bonds is 3. The van der Waals surface area contributed by atoms with Gasteiger partial charge in [-0.3, -0.25) is 4.79 Å². The molecule has 1 aliphatic rings. The van der Waals surface area contributed by atoms with E-state index in [0.717, 1.165) is 37.7 Å². The molecule has 0 radical (unpaired) electrons. The Morgan fingerprint density at radius 1 is 1.38 bits per heavy atom. The average molecular weight is 218 g/mol. The van der Waals surface area contributed by atoms with Gasteiger partial charge in [0.05, 0.1) is 5.41 Å². The van der Waals surface area contributed by atoms with Crippen LogP contribution in [0.1, 0.15) is 43.7 Å². The summed E-state index contributed by atoms with van der Waals surface area (Å²) < 4.78 is 0. The van der Waals surface area contributed by atoms with Gasteiger partial charge in [0.2, 0.25) is 0 Å². The molecule has 0 saturated heterocycles. The van der Waals surface area contributed by atoms with Gasteiger partial charge in [0.15, 0.2) is 0 Å². The summed E-state index contributed by atoms with van der Waals surface area (Å²) >= 11 is 0. The highest BCUT2D eigenvalue weighted by Gasteiger charge is 2.42. The quantitative estimate of drug-likeness (QED) is 0.846. The Hall–Kier alpha value is -1.31. The molecular formula is C14H18O2. The molecule has 0 atom stereocenters. The number of aryl methyl sites for hydroxylation is 1. The SMILES string of the molecule is CCc1cccc(C2(C(=O)O)CCCC2)c1. The molecule has 0 unspecified atom stereocenters. The fourth-order valence-corrected chi connectivity index (χ4v) is 2.69. The molecule has 1 saturated carbocycles. The van der Waals surface area contributed by atoms with Gasteiger partial charge in [-0.05, 0) is 30.4 Å². The van der Waals surface area contributed by atoms with Gasteiger partial charge in [-0.1, -0.05) is 44.0 Å². The molecule has 2 nitrogen and oxygen atoms in total. The van der Waals surface area contributed by atoms with E-state index in [1.165, 1.54) is 5.56 Å². The summed E-state index contributed by atoms with van der Waals surface area (Å²) in [4.78, 5) is 11.5. The van der Waals surface area contributed by atoms with Crippen LogP contribution < -0.4 is 0 Å². The summed E-state index contributed by atoms with van der Waals surface area (Å²) in [6.07, 6.45) is 4.60. The van der Waals surface area contributed by atoms with E-state index in [1.807, 2.05) is 12.1 Å². The van der Waals surface area contributed by atoms with Crippen LogP contribution in [-0.4, -0.2) is 11.1 Å². The summed E-state index contributed by atoms with van der Waals surface area (Å²) in [7, 11) is 0. The van der Waals surface area contributed by atoms with Gasteiger partial charge < -0.3 is 5.11 Å². The molecule has 1 N–H and O–H groups in total. The van der Waals surface area contributed by atoms with Crippen molar-refractivity contribution in [3.63, 3.8) is 0 Å². The number of aliphatic carboxylic acids is 1. The number of hydrogen-bond donors (Lipinski definition) is 1. The summed E-state index contributed by atoms with van der Waals surface area (Å²) in [5.74, 6) is -0.654. The topological polar surface area (TPSA) is 37.3 Å². The van der Waals surface area contributed by atoms with Crippen LogP contribution in [-0.2, 0) is 16.6 Å². The predicted octanol–water partition coefficient (Wildman–Crippen LogP) is 3.15. The lowest BCUT2D eigenvalue weighted by Crippen LogP contribution is -2.32. The normalized spacial score (nSPS) is 18.6. The van der Waals surface area contributed by atoms with Gasteiger partial charge in [0, 0.05) is 0 Å². The molecular weight excluding hydrogens is 200 g/mol. The Morgan fingerprint density at radius 3 is 2.62 bits per heavy atom. The monoisotopic (exact) mass is 218 g/mol. The Labute approximate surface area is 96.3 Å². The highest BCUT2D eigenvalue weighted by Crippen LogP contribution is 2.41. The summed E-state index contributed by atoms with van der Waals surface area (Å²) in [5.41, 5.74) is 1.62. The Balaban J connectivity index is 2.43. The van der Waals surface area contributed by atoms with E-state index in [-0.39, 0.29) is 0 Å². The third kappa shape index (κ3) is 1.73. The van der Waals surface area contributed by atoms with Gasteiger partial charge in [-0.25, -0.2) is 0 Å².